The largest absolute Gasteiger partial charge is 0.497 e. The summed E-state index contributed by atoms with van der Waals surface area (Å²) in [4.78, 5) is 2.34. The van der Waals surface area contributed by atoms with E-state index in [2.05, 4.69) is 30.7 Å². The lowest BCUT2D eigenvalue weighted by molar-refractivity contribution is 0.306. The Labute approximate surface area is 121 Å². The van der Waals surface area contributed by atoms with Crippen molar-refractivity contribution in [1.29, 1.82) is 0 Å². The second-order valence-electron chi connectivity index (χ2n) is 5.65. The molecule has 1 aromatic carbocycles. The van der Waals surface area contributed by atoms with Crippen molar-refractivity contribution in [2.45, 2.75) is 19.9 Å². The third kappa shape index (κ3) is 4.00. The van der Waals surface area contributed by atoms with Crippen LogP contribution in [0.25, 0.3) is 0 Å². The molecule has 1 aromatic rings. The zero-order valence-electron chi connectivity index (χ0n) is 12.5. The van der Waals surface area contributed by atoms with Crippen molar-refractivity contribution in [3.05, 3.63) is 29.3 Å². The molecule has 1 aliphatic carbocycles. The van der Waals surface area contributed by atoms with Crippen LogP contribution in [0.4, 0.5) is 0 Å². The van der Waals surface area contributed by atoms with Crippen LogP contribution in [0.1, 0.15) is 24.5 Å². The van der Waals surface area contributed by atoms with Gasteiger partial charge in [0.2, 0.25) is 0 Å². The SMILES string of the molecule is COc1ccc(C#CCO)c(CN(C)CC2CC2C)c1. The highest BCUT2D eigenvalue weighted by Crippen LogP contribution is 2.38. The maximum atomic E-state index is 8.85. The minimum atomic E-state index is -0.110. The fraction of sp³-hybridized carbons (Fsp3) is 0.529. The van der Waals surface area contributed by atoms with Crippen molar-refractivity contribution in [2.24, 2.45) is 11.8 Å². The number of hydrogen-bond donors (Lipinski definition) is 1. The van der Waals surface area contributed by atoms with Crippen LogP contribution < -0.4 is 4.74 Å². The number of rotatable bonds is 5. The summed E-state index contributed by atoms with van der Waals surface area (Å²) in [6.07, 6.45) is 1.35. The predicted molar refractivity (Wildman–Crippen MR) is 80.6 cm³/mol. The first-order valence-electron chi connectivity index (χ1n) is 7.09. The monoisotopic (exact) mass is 273 g/mol. The van der Waals surface area contributed by atoms with E-state index in [-0.39, 0.29) is 6.61 Å². The molecule has 2 rings (SSSR count). The Bertz CT molecular complexity index is 515. The molecule has 2 atom stereocenters. The van der Waals surface area contributed by atoms with Gasteiger partial charge in [0.25, 0.3) is 0 Å². The van der Waals surface area contributed by atoms with Crippen LogP contribution >= 0.6 is 0 Å². The molecule has 0 heterocycles. The van der Waals surface area contributed by atoms with E-state index >= 15 is 0 Å². The van der Waals surface area contributed by atoms with Gasteiger partial charge in [-0.3, -0.25) is 0 Å². The van der Waals surface area contributed by atoms with E-state index in [1.54, 1.807) is 7.11 Å². The molecule has 0 aliphatic heterocycles. The zero-order valence-corrected chi connectivity index (χ0v) is 12.5. The van der Waals surface area contributed by atoms with Gasteiger partial charge in [0.15, 0.2) is 0 Å². The number of nitrogens with zero attached hydrogens (tertiary/aromatic N) is 1. The average molecular weight is 273 g/mol. The van der Waals surface area contributed by atoms with Crippen LogP contribution in [0.2, 0.25) is 0 Å². The van der Waals surface area contributed by atoms with Gasteiger partial charge in [-0.05, 0) is 49.1 Å². The standard InChI is InChI=1S/C17H23NO2/c1-13-9-15(13)11-18(2)12-16-10-17(20-3)7-6-14(16)5-4-8-19/h6-7,10,13,15,19H,8-9,11-12H2,1-3H3. The Morgan fingerprint density at radius 1 is 1.45 bits per heavy atom. The predicted octanol–water partition coefficient (Wildman–Crippen LogP) is 2.13. The maximum Gasteiger partial charge on any atom is 0.119 e. The summed E-state index contributed by atoms with van der Waals surface area (Å²) in [6, 6.07) is 5.91. The summed E-state index contributed by atoms with van der Waals surface area (Å²) in [7, 11) is 3.82. The van der Waals surface area contributed by atoms with Crippen LogP contribution in [-0.4, -0.2) is 37.3 Å². The molecular weight excluding hydrogens is 250 g/mol. The van der Waals surface area contributed by atoms with Crippen molar-refractivity contribution in [3.63, 3.8) is 0 Å². The van der Waals surface area contributed by atoms with Crippen molar-refractivity contribution in [2.75, 3.05) is 27.3 Å². The fourth-order valence-corrected chi connectivity index (χ4v) is 2.49. The first-order valence-corrected chi connectivity index (χ1v) is 7.09. The summed E-state index contributed by atoms with van der Waals surface area (Å²) in [5.41, 5.74) is 2.12. The van der Waals surface area contributed by atoms with Crippen molar-refractivity contribution in [1.82, 2.24) is 4.90 Å². The Morgan fingerprint density at radius 3 is 2.80 bits per heavy atom. The van der Waals surface area contributed by atoms with Crippen molar-refractivity contribution in [3.8, 4) is 17.6 Å². The minimum Gasteiger partial charge on any atom is -0.497 e. The van der Waals surface area contributed by atoms with Gasteiger partial charge in [-0.15, -0.1) is 0 Å². The molecule has 2 unspecified atom stereocenters. The normalized spacial score (nSPS) is 20.4. The summed E-state index contributed by atoms with van der Waals surface area (Å²) in [5, 5.41) is 8.85. The van der Waals surface area contributed by atoms with Crippen LogP contribution in [-0.2, 0) is 6.54 Å². The molecule has 108 valence electrons. The van der Waals surface area contributed by atoms with E-state index in [9.17, 15) is 0 Å². The van der Waals surface area contributed by atoms with Gasteiger partial charge in [-0.1, -0.05) is 18.8 Å². The average Bonchev–Trinajstić information content (AvgIpc) is 3.12. The van der Waals surface area contributed by atoms with Gasteiger partial charge < -0.3 is 14.7 Å². The van der Waals surface area contributed by atoms with Gasteiger partial charge in [0, 0.05) is 18.7 Å². The second-order valence-corrected chi connectivity index (χ2v) is 5.65. The molecule has 1 saturated carbocycles. The molecule has 3 nitrogen and oxygen atoms in total. The Hall–Kier alpha value is -1.50. The molecule has 0 bridgehead atoms. The van der Waals surface area contributed by atoms with Gasteiger partial charge in [0.1, 0.15) is 12.4 Å². The molecular formula is C17H23NO2. The summed E-state index contributed by atoms with van der Waals surface area (Å²) in [6.45, 7) is 4.18. The Morgan fingerprint density at radius 2 is 2.20 bits per heavy atom. The molecule has 20 heavy (non-hydrogen) atoms. The molecule has 0 aromatic heterocycles. The van der Waals surface area contributed by atoms with Gasteiger partial charge >= 0.3 is 0 Å². The summed E-state index contributed by atoms with van der Waals surface area (Å²) >= 11 is 0. The summed E-state index contributed by atoms with van der Waals surface area (Å²) < 4.78 is 5.29. The first kappa shape index (κ1) is 14.9. The van der Waals surface area contributed by atoms with Crippen LogP contribution in [0.3, 0.4) is 0 Å². The highest BCUT2D eigenvalue weighted by Gasteiger charge is 2.33. The number of aliphatic hydroxyl groups excluding tert-OH is 1. The highest BCUT2D eigenvalue weighted by atomic mass is 16.5. The van der Waals surface area contributed by atoms with Gasteiger partial charge in [0.05, 0.1) is 7.11 Å². The number of ether oxygens (including phenoxy) is 1. The molecule has 0 saturated heterocycles. The van der Waals surface area contributed by atoms with E-state index in [1.165, 1.54) is 6.42 Å². The maximum absolute atomic E-state index is 8.85. The number of methoxy groups -OCH3 is 1. The molecule has 3 heteroatoms. The van der Waals surface area contributed by atoms with Crippen LogP contribution in [0.5, 0.6) is 5.75 Å². The molecule has 0 radical (unpaired) electrons. The lowest BCUT2D eigenvalue weighted by atomic mass is 10.1. The number of benzene rings is 1. The molecule has 0 amide bonds. The second kappa shape index (κ2) is 6.78. The zero-order chi connectivity index (χ0) is 14.5. The topological polar surface area (TPSA) is 32.7 Å². The molecule has 0 spiro atoms. The lowest BCUT2D eigenvalue weighted by Crippen LogP contribution is -2.21. The smallest absolute Gasteiger partial charge is 0.119 e. The van der Waals surface area contributed by atoms with Crippen LogP contribution in [0.15, 0.2) is 18.2 Å². The van der Waals surface area contributed by atoms with E-state index in [0.29, 0.717) is 0 Å². The highest BCUT2D eigenvalue weighted by molar-refractivity contribution is 5.45. The van der Waals surface area contributed by atoms with Crippen molar-refractivity contribution < 1.29 is 9.84 Å². The quantitative estimate of drug-likeness (QED) is 0.834. The van der Waals surface area contributed by atoms with E-state index in [1.807, 2.05) is 18.2 Å². The molecule has 1 aliphatic rings. The fourth-order valence-electron chi connectivity index (χ4n) is 2.49. The van der Waals surface area contributed by atoms with Crippen LogP contribution in [0, 0.1) is 23.7 Å². The Balaban J connectivity index is 2.10. The van der Waals surface area contributed by atoms with E-state index < -0.39 is 0 Å². The first-order chi connectivity index (χ1) is 9.63. The third-order valence-electron chi connectivity index (χ3n) is 3.88. The van der Waals surface area contributed by atoms with Gasteiger partial charge in [-0.25, -0.2) is 0 Å². The summed E-state index contributed by atoms with van der Waals surface area (Å²) in [5.74, 6) is 8.30. The van der Waals surface area contributed by atoms with E-state index in [0.717, 1.165) is 41.8 Å². The lowest BCUT2D eigenvalue weighted by Gasteiger charge is -2.18. The molecule has 1 fully saturated rings. The Kier molecular flexibility index (Phi) is 5.05. The molecule has 1 N–H and O–H groups in total. The number of hydrogen-bond acceptors (Lipinski definition) is 3. The van der Waals surface area contributed by atoms with Gasteiger partial charge in [-0.2, -0.15) is 0 Å². The van der Waals surface area contributed by atoms with E-state index in [4.69, 9.17) is 9.84 Å². The minimum absolute atomic E-state index is 0.110. The van der Waals surface area contributed by atoms with Crippen molar-refractivity contribution >= 4 is 0 Å². The number of aliphatic hydroxyl groups is 1. The third-order valence-corrected chi connectivity index (χ3v) is 3.88.